The topological polar surface area (TPSA) is 59.8 Å². The first-order chi connectivity index (χ1) is 14.4. The van der Waals surface area contributed by atoms with Crippen molar-refractivity contribution in [3.8, 4) is 11.4 Å². The smallest absolute Gasteiger partial charge is 0.234 e. The molecule has 3 aromatic rings. The number of carbonyl (C=O) groups is 1. The van der Waals surface area contributed by atoms with Crippen LogP contribution in [0, 0.1) is 0 Å². The Balaban J connectivity index is 1.64. The average molecular weight is 423 g/mol. The van der Waals surface area contributed by atoms with Crippen LogP contribution in [0.2, 0.25) is 0 Å². The molecular weight excluding hydrogens is 392 g/mol. The highest BCUT2D eigenvalue weighted by molar-refractivity contribution is 7.99. The molecule has 0 fully saturated rings. The maximum Gasteiger partial charge on any atom is 0.234 e. The van der Waals surface area contributed by atoms with Crippen molar-refractivity contribution >= 4 is 23.4 Å². The van der Waals surface area contributed by atoms with Crippen molar-refractivity contribution in [2.45, 2.75) is 58.2 Å². The fourth-order valence-electron chi connectivity index (χ4n) is 3.19. The summed E-state index contributed by atoms with van der Waals surface area (Å²) in [6.07, 6.45) is 0. The van der Waals surface area contributed by atoms with E-state index in [9.17, 15) is 4.79 Å². The molecule has 2 aromatic carbocycles. The number of nitrogens with one attached hydrogen (secondary N) is 1. The average Bonchev–Trinajstić information content (AvgIpc) is 3.15. The van der Waals surface area contributed by atoms with E-state index < -0.39 is 0 Å². The number of benzene rings is 2. The van der Waals surface area contributed by atoms with Gasteiger partial charge in [0.05, 0.1) is 5.75 Å². The Bertz CT molecular complexity index is 975. The lowest BCUT2D eigenvalue weighted by atomic mass is 10.0. The minimum absolute atomic E-state index is 0.0502. The van der Waals surface area contributed by atoms with Crippen molar-refractivity contribution in [3.05, 3.63) is 59.7 Å². The summed E-state index contributed by atoms with van der Waals surface area (Å²) in [6.45, 7) is 11.5. The number of aromatic nitrogens is 3. The largest absolute Gasteiger partial charge is 0.325 e. The molecule has 0 radical (unpaired) electrons. The number of rotatable bonds is 8. The Morgan fingerprint density at radius 3 is 2.03 bits per heavy atom. The lowest BCUT2D eigenvalue weighted by molar-refractivity contribution is -0.113. The van der Waals surface area contributed by atoms with Crippen LogP contribution < -0.4 is 5.32 Å². The first-order valence-corrected chi connectivity index (χ1v) is 11.4. The van der Waals surface area contributed by atoms with Crippen LogP contribution in [0.25, 0.3) is 11.4 Å². The maximum atomic E-state index is 12.4. The number of nitrogens with zero attached hydrogens (tertiary/aromatic N) is 3. The molecule has 6 heteroatoms. The zero-order chi connectivity index (χ0) is 21.7. The van der Waals surface area contributed by atoms with Gasteiger partial charge in [0.15, 0.2) is 11.0 Å². The predicted molar refractivity (Wildman–Crippen MR) is 125 cm³/mol. The van der Waals surface area contributed by atoms with Crippen LogP contribution >= 0.6 is 11.8 Å². The van der Waals surface area contributed by atoms with E-state index in [1.54, 1.807) is 0 Å². The summed E-state index contributed by atoms with van der Waals surface area (Å²) in [7, 11) is 0. The standard InChI is InChI=1S/C24H30N4OS/c1-6-28-23(20-9-7-18(8-10-20)16(2)3)26-27-24(28)30-15-22(29)25-21-13-11-19(12-14-21)17(4)5/h7-14,16-17H,6,15H2,1-5H3,(H,25,29). The Hall–Kier alpha value is -2.60. The van der Waals surface area contributed by atoms with Gasteiger partial charge in [-0.05, 0) is 42.0 Å². The van der Waals surface area contributed by atoms with Crippen LogP contribution in [0.5, 0.6) is 0 Å². The van der Waals surface area contributed by atoms with Crippen LogP contribution in [0.15, 0.2) is 53.7 Å². The molecule has 1 aromatic heterocycles. The first kappa shape index (κ1) is 22.1. The molecular formula is C24H30N4OS. The number of anilines is 1. The molecule has 1 amide bonds. The van der Waals surface area contributed by atoms with Crippen molar-refractivity contribution in [2.24, 2.45) is 0 Å². The van der Waals surface area contributed by atoms with Gasteiger partial charge in [-0.3, -0.25) is 4.79 Å². The van der Waals surface area contributed by atoms with Crippen molar-refractivity contribution in [3.63, 3.8) is 0 Å². The molecule has 1 heterocycles. The monoisotopic (exact) mass is 422 g/mol. The second kappa shape index (κ2) is 9.94. The second-order valence-corrected chi connectivity index (χ2v) is 8.88. The number of hydrogen-bond acceptors (Lipinski definition) is 4. The molecule has 1 N–H and O–H groups in total. The summed E-state index contributed by atoms with van der Waals surface area (Å²) >= 11 is 1.41. The van der Waals surface area contributed by atoms with Gasteiger partial charge in [-0.2, -0.15) is 0 Å². The summed E-state index contributed by atoms with van der Waals surface area (Å²) in [5.74, 6) is 2.04. The molecule has 5 nitrogen and oxygen atoms in total. The van der Waals surface area contributed by atoms with E-state index in [2.05, 4.69) is 91.1 Å². The number of carbonyl (C=O) groups excluding carboxylic acids is 1. The molecule has 0 spiro atoms. The zero-order valence-corrected chi connectivity index (χ0v) is 19.2. The van der Waals surface area contributed by atoms with Gasteiger partial charge in [-0.25, -0.2) is 0 Å². The highest BCUT2D eigenvalue weighted by Gasteiger charge is 2.15. The lowest BCUT2D eigenvalue weighted by Gasteiger charge is -2.10. The van der Waals surface area contributed by atoms with Crippen molar-refractivity contribution < 1.29 is 4.79 Å². The third kappa shape index (κ3) is 5.30. The quantitative estimate of drug-likeness (QED) is 0.456. The van der Waals surface area contributed by atoms with Crippen molar-refractivity contribution in [1.82, 2.24) is 14.8 Å². The Kier molecular flexibility index (Phi) is 7.32. The molecule has 0 atom stereocenters. The highest BCUT2D eigenvalue weighted by atomic mass is 32.2. The summed E-state index contributed by atoms with van der Waals surface area (Å²) in [5, 5.41) is 12.4. The van der Waals surface area contributed by atoms with E-state index in [1.807, 2.05) is 12.1 Å². The van der Waals surface area contributed by atoms with Gasteiger partial charge >= 0.3 is 0 Å². The molecule has 158 valence electrons. The molecule has 30 heavy (non-hydrogen) atoms. The van der Waals surface area contributed by atoms with Crippen molar-refractivity contribution in [1.29, 1.82) is 0 Å². The first-order valence-electron chi connectivity index (χ1n) is 10.4. The van der Waals surface area contributed by atoms with E-state index >= 15 is 0 Å². The Morgan fingerprint density at radius 2 is 1.50 bits per heavy atom. The third-order valence-corrected chi connectivity index (χ3v) is 6.03. The van der Waals surface area contributed by atoms with Gasteiger partial charge in [0, 0.05) is 17.8 Å². The second-order valence-electron chi connectivity index (χ2n) is 7.94. The fraction of sp³-hybridized carbons (Fsp3) is 0.375. The third-order valence-electron chi connectivity index (χ3n) is 5.06. The minimum Gasteiger partial charge on any atom is -0.325 e. The molecule has 0 aliphatic rings. The molecule has 0 unspecified atom stereocenters. The fourth-order valence-corrected chi connectivity index (χ4v) is 3.99. The van der Waals surface area contributed by atoms with E-state index in [1.165, 1.54) is 22.9 Å². The summed E-state index contributed by atoms with van der Waals surface area (Å²) in [4.78, 5) is 12.4. The minimum atomic E-state index is -0.0502. The Morgan fingerprint density at radius 1 is 0.933 bits per heavy atom. The zero-order valence-electron chi connectivity index (χ0n) is 18.3. The van der Waals surface area contributed by atoms with Crippen LogP contribution in [-0.4, -0.2) is 26.4 Å². The Labute approximate surface area is 183 Å². The summed E-state index contributed by atoms with van der Waals surface area (Å²) in [5.41, 5.74) is 4.41. The van der Waals surface area contributed by atoms with Crippen molar-refractivity contribution in [2.75, 3.05) is 11.1 Å². The lowest BCUT2D eigenvalue weighted by Crippen LogP contribution is -2.14. The highest BCUT2D eigenvalue weighted by Crippen LogP contribution is 2.26. The number of hydrogen-bond donors (Lipinski definition) is 1. The van der Waals surface area contributed by atoms with Gasteiger partial charge in [0.2, 0.25) is 5.91 Å². The van der Waals surface area contributed by atoms with E-state index in [4.69, 9.17) is 0 Å². The van der Waals surface area contributed by atoms with Crippen LogP contribution in [0.4, 0.5) is 5.69 Å². The molecule has 0 aliphatic heterocycles. The van der Waals surface area contributed by atoms with E-state index in [0.29, 0.717) is 11.8 Å². The molecule has 0 bridgehead atoms. The normalized spacial score (nSPS) is 11.3. The van der Waals surface area contributed by atoms with E-state index in [-0.39, 0.29) is 11.7 Å². The molecule has 3 rings (SSSR count). The predicted octanol–water partition coefficient (Wildman–Crippen LogP) is 5.94. The van der Waals surface area contributed by atoms with Crippen LogP contribution in [0.1, 0.15) is 57.6 Å². The maximum absolute atomic E-state index is 12.4. The molecule has 0 aliphatic carbocycles. The van der Waals surface area contributed by atoms with Crippen LogP contribution in [0.3, 0.4) is 0 Å². The van der Waals surface area contributed by atoms with E-state index in [0.717, 1.165) is 28.8 Å². The number of amides is 1. The summed E-state index contributed by atoms with van der Waals surface area (Å²) < 4.78 is 2.06. The van der Waals surface area contributed by atoms with Crippen LogP contribution in [-0.2, 0) is 11.3 Å². The summed E-state index contributed by atoms with van der Waals surface area (Å²) in [6, 6.07) is 16.5. The molecule has 0 saturated heterocycles. The molecule has 0 saturated carbocycles. The number of thioether (sulfide) groups is 1. The SMILES string of the molecule is CCn1c(SCC(=O)Nc2ccc(C(C)C)cc2)nnc1-c1ccc(C(C)C)cc1. The van der Waals surface area contributed by atoms with Gasteiger partial charge in [0.25, 0.3) is 0 Å². The van der Waals surface area contributed by atoms with Gasteiger partial charge in [0.1, 0.15) is 0 Å². The van der Waals surface area contributed by atoms with Gasteiger partial charge in [-0.1, -0.05) is 75.9 Å². The van der Waals surface area contributed by atoms with Gasteiger partial charge in [-0.15, -0.1) is 10.2 Å². The van der Waals surface area contributed by atoms with Gasteiger partial charge < -0.3 is 9.88 Å².